The lowest BCUT2D eigenvalue weighted by molar-refractivity contribution is 0.0698. The highest BCUT2D eigenvalue weighted by molar-refractivity contribution is 5.97. The molecular formula is C10H7FN2O2. The molecule has 0 saturated carbocycles. The van der Waals surface area contributed by atoms with Crippen LogP contribution in [0, 0.1) is 5.82 Å². The average Bonchev–Trinajstić information content (AvgIpc) is 2.17. The summed E-state index contributed by atoms with van der Waals surface area (Å²) in [6, 6.07) is 5.22. The van der Waals surface area contributed by atoms with Gasteiger partial charge in [0.1, 0.15) is 17.2 Å². The Morgan fingerprint density at radius 2 is 2.13 bits per heavy atom. The zero-order chi connectivity index (χ0) is 11.0. The second-order valence-corrected chi connectivity index (χ2v) is 3.06. The van der Waals surface area contributed by atoms with Gasteiger partial charge in [-0.25, -0.2) is 14.2 Å². The molecule has 5 heteroatoms. The molecule has 15 heavy (non-hydrogen) atoms. The summed E-state index contributed by atoms with van der Waals surface area (Å²) in [4.78, 5) is 14.6. The second-order valence-electron chi connectivity index (χ2n) is 3.06. The van der Waals surface area contributed by atoms with Gasteiger partial charge in [0.25, 0.3) is 0 Å². The molecular weight excluding hydrogens is 199 g/mol. The number of halogens is 1. The molecule has 1 aromatic carbocycles. The van der Waals surface area contributed by atoms with E-state index in [0.29, 0.717) is 10.9 Å². The van der Waals surface area contributed by atoms with Crippen molar-refractivity contribution in [2.45, 2.75) is 0 Å². The molecule has 3 N–H and O–H groups in total. The Morgan fingerprint density at radius 1 is 1.40 bits per heavy atom. The number of hydrogen-bond donors (Lipinski definition) is 2. The molecule has 0 spiro atoms. The number of carboxylic acids is 1. The average molecular weight is 206 g/mol. The molecule has 0 bridgehead atoms. The molecule has 0 amide bonds. The highest BCUT2D eigenvalue weighted by Crippen LogP contribution is 2.19. The van der Waals surface area contributed by atoms with E-state index in [-0.39, 0.29) is 11.4 Å². The van der Waals surface area contributed by atoms with Crippen LogP contribution in [0.15, 0.2) is 24.3 Å². The summed E-state index contributed by atoms with van der Waals surface area (Å²) in [5.74, 6) is -1.68. The van der Waals surface area contributed by atoms with Crippen molar-refractivity contribution in [1.82, 2.24) is 4.98 Å². The Hall–Kier alpha value is -2.17. The number of carbonyl (C=O) groups is 1. The summed E-state index contributed by atoms with van der Waals surface area (Å²) >= 11 is 0. The first-order chi connectivity index (χ1) is 7.08. The number of nitrogens with two attached hydrogens (primary N) is 1. The van der Waals surface area contributed by atoms with Crippen LogP contribution in [0.1, 0.15) is 10.4 Å². The number of benzene rings is 1. The number of nitrogen functional groups attached to an aromatic ring is 1. The number of fused-ring (bicyclic) bond motifs is 1. The van der Waals surface area contributed by atoms with E-state index in [4.69, 9.17) is 10.8 Å². The molecule has 2 rings (SSSR count). The first-order valence-corrected chi connectivity index (χ1v) is 4.17. The quantitative estimate of drug-likeness (QED) is 0.743. The molecule has 1 aromatic heterocycles. The Morgan fingerprint density at radius 3 is 2.80 bits per heavy atom. The number of pyridine rings is 1. The lowest BCUT2D eigenvalue weighted by Crippen LogP contribution is -2.04. The summed E-state index contributed by atoms with van der Waals surface area (Å²) in [5.41, 5.74) is 5.79. The van der Waals surface area contributed by atoms with Crippen molar-refractivity contribution in [3.63, 3.8) is 0 Å². The molecule has 0 aliphatic carbocycles. The lowest BCUT2D eigenvalue weighted by atomic mass is 10.1. The molecule has 0 aliphatic heterocycles. The zero-order valence-electron chi connectivity index (χ0n) is 7.57. The van der Waals surface area contributed by atoms with Crippen LogP contribution in [0.4, 0.5) is 10.2 Å². The summed E-state index contributed by atoms with van der Waals surface area (Å²) in [6.07, 6.45) is 0. The van der Waals surface area contributed by atoms with E-state index in [1.807, 2.05) is 0 Å². The number of rotatable bonds is 1. The minimum Gasteiger partial charge on any atom is -0.478 e. The van der Waals surface area contributed by atoms with Crippen molar-refractivity contribution in [2.75, 3.05) is 5.73 Å². The van der Waals surface area contributed by atoms with Crippen molar-refractivity contribution in [2.24, 2.45) is 0 Å². The third-order valence-electron chi connectivity index (χ3n) is 2.04. The fourth-order valence-corrected chi connectivity index (χ4v) is 1.33. The number of hydrogen-bond acceptors (Lipinski definition) is 3. The first kappa shape index (κ1) is 9.39. The number of nitrogens with zero attached hydrogens (tertiary/aromatic N) is 1. The maximum Gasteiger partial charge on any atom is 0.339 e. The number of carboxylic acid groups (broad SMARTS) is 1. The van der Waals surface area contributed by atoms with E-state index in [2.05, 4.69) is 4.98 Å². The fourth-order valence-electron chi connectivity index (χ4n) is 1.33. The Balaban J connectivity index is 2.77. The summed E-state index contributed by atoms with van der Waals surface area (Å²) in [7, 11) is 0. The van der Waals surface area contributed by atoms with Crippen molar-refractivity contribution in [1.29, 1.82) is 0 Å². The zero-order valence-corrected chi connectivity index (χ0v) is 7.57. The van der Waals surface area contributed by atoms with Gasteiger partial charge in [-0.05, 0) is 24.3 Å². The van der Waals surface area contributed by atoms with Crippen LogP contribution >= 0.6 is 0 Å². The Bertz CT molecular complexity index is 554. The predicted octanol–water partition coefficient (Wildman–Crippen LogP) is 1.65. The highest BCUT2D eigenvalue weighted by atomic mass is 19.1. The molecule has 1 heterocycles. The molecule has 0 unspecified atom stereocenters. The van der Waals surface area contributed by atoms with Crippen LogP contribution in [-0.2, 0) is 0 Å². The van der Waals surface area contributed by atoms with Gasteiger partial charge < -0.3 is 10.8 Å². The van der Waals surface area contributed by atoms with Gasteiger partial charge in [-0.2, -0.15) is 0 Å². The third kappa shape index (κ3) is 1.59. The van der Waals surface area contributed by atoms with E-state index >= 15 is 0 Å². The second kappa shape index (κ2) is 3.20. The molecule has 0 radical (unpaired) electrons. The van der Waals surface area contributed by atoms with E-state index in [1.165, 1.54) is 24.3 Å². The van der Waals surface area contributed by atoms with Gasteiger partial charge in [-0.15, -0.1) is 0 Å². The van der Waals surface area contributed by atoms with Crippen LogP contribution in [-0.4, -0.2) is 16.1 Å². The summed E-state index contributed by atoms with van der Waals surface area (Å²) in [5, 5.41) is 9.20. The van der Waals surface area contributed by atoms with Gasteiger partial charge in [-0.3, -0.25) is 0 Å². The van der Waals surface area contributed by atoms with Crippen molar-refractivity contribution < 1.29 is 14.3 Å². The Labute approximate surface area is 84.2 Å². The largest absolute Gasteiger partial charge is 0.478 e. The normalized spacial score (nSPS) is 10.5. The summed E-state index contributed by atoms with van der Waals surface area (Å²) < 4.78 is 12.9. The number of aromatic carboxylic acids is 1. The molecule has 2 aromatic rings. The highest BCUT2D eigenvalue weighted by Gasteiger charge is 2.10. The topological polar surface area (TPSA) is 76.2 Å². The molecule has 0 atom stereocenters. The van der Waals surface area contributed by atoms with Crippen LogP contribution in [0.3, 0.4) is 0 Å². The minimum absolute atomic E-state index is 0.0680. The fraction of sp³-hybridized carbons (Fsp3) is 0. The molecule has 0 fully saturated rings. The monoisotopic (exact) mass is 206 g/mol. The molecule has 4 nitrogen and oxygen atoms in total. The molecule has 0 aliphatic rings. The van der Waals surface area contributed by atoms with Crippen molar-refractivity contribution in [3.05, 3.63) is 35.6 Å². The maximum atomic E-state index is 12.9. The predicted molar refractivity (Wildman–Crippen MR) is 53.1 cm³/mol. The van der Waals surface area contributed by atoms with Crippen molar-refractivity contribution >= 4 is 22.7 Å². The number of aromatic nitrogens is 1. The van der Waals surface area contributed by atoms with Gasteiger partial charge in [0.05, 0.1) is 5.52 Å². The molecule has 76 valence electrons. The van der Waals surface area contributed by atoms with Gasteiger partial charge >= 0.3 is 5.97 Å². The van der Waals surface area contributed by atoms with Gasteiger partial charge in [0, 0.05) is 5.39 Å². The van der Waals surface area contributed by atoms with Crippen LogP contribution in [0.5, 0.6) is 0 Å². The van der Waals surface area contributed by atoms with Crippen LogP contribution in [0.25, 0.3) is 10.9 Å². The van der Waals surface area contributed by atoms with E-state index < -0.39 is 11.8 Å². The standard InChI is InChI=1S/C10H7FN2O2/c11-6-1-2-8-5(3-6)4-7(10(14)15)9(12)13-8/h1-4H,(H2,12,13)(H,14,15). The van der Waals surface area contributed by atoms with Crippen LogP contribution < -0.4 is 5.73 Å². The SMILES string of the molecule is Nc1nc2ccc(F)cc2cc1C(=O)O. The van der Waals surface area contributed by atoms with Gasteiger partial charge in [-0.1, -0.05) is 0 Å². The first-order valence-electron chi connectivity index (χ1n) is 4.17. The van der Waals surface area contributed by atoms with Crippen LogP contribution in [0.2, 0.25) is 0 Å². The van der Waals surface area contributed by atoms with E-state index in [1.54, 1.807) is 0 Å². The van der Waals surface area contributed by atoms with Gasteiger partial charge in [0.15, 0.2) is 0 Å². The van der Waals surface area contributed by atoms with Gasteiger partial charge in [0.2, 0.25) is 0 Å². The number of anilines is 1. The summed E-state index contributed by atoms with van der Waals surface area (Å²) in [6.45, 7) is 0. The molecule has 0 saturated heterocycles. The van der Waals surface area contributed by atoms with E-state index in [9.17, 15) is 9.18 Å². The lowest BCUT2D eigenvalue weighted by Gasteiger charge is -2.02. The van der Waals surface area contributed by atoms with Crippen molar-refractivity contribution in [3.8, 4) is 0 Å². The minimum atomic E-state index is -1.17. The third-order valence-corrected chi connectivity index (χ3v) is 2.04. The Kier molecular flexibility index (Phi) is 2.00. The smallest absolute Gasteiger partial charge is 0.339 e. The maximum absolute atomic E-state index is 12.9. The van der Waals surface area contributed by atoms with E-state index in [0.717, 1.165) is 0 Å².